The van der Waals surface area contributed by atoms with Crippen LogP contribution in [0.4, 0.5) is 0 Å². The van der Waals surface area contributed by atoms with Crippen LogP contribution in [-0.4, -0.2) is 12.4 Å². The SMILES string of the molecule is CCOc1ccc2oc(C)c(C(=O)C(C)C)c2c1. The first-order valence-corrected chi connectivity index (χ1v) is 6.24. The Morgan fingerprint density at radius 1 is 1.39 bits per heavy atom. The van der Waals surface area contributed by atoms with E-state index in [-0.39, 0.29) is 11.7 Å². The fourth-order valence-electron chi connectivity index (χ4n) is 2.05. The zero-order valence-corrected chi connectivity index (χ0v) is 11.2. The van der Waals surface area contributed by atoms with Crippen LogP contribution in [0.25, 0.3) is 11.0 Å². The number of carbonyl (C=O) groups is 1. The number of Topliss-reactive ketones (excluding diaryl/α,β-unsaturated/α-hetero) is 1. The molecule has 0 aliphatic heterocycles. The first-order chi connectivity index (χ1) is 8.54. The monoisotopic (exact) mass is 246 g/mol. The number of hydrogen-bond donors (Lipinski definition) is 0. The molecule has 1 heterocycles. The van der Waals surface area contributed by atoms with Crippen LogP contribution in [0, 0.1) is 12.8 Å². The van der Waals surface area contributed by atoms with Gasteiger partial charge in [0.05, 0.1) is 12.2 Å². The molecular formula is C15H18O3. The number of ketones is 1. The maximum Gasteiger partial charge on any atom is 0.169 e. The van der Waals surface area contributed by atoms with Crippen molar-refractivity contribution in [2.24, 2.45) is 5.92 Å². The van der Waals surface area contributed by atoms with Gasteiger partial charge in [0.1, 0.15) is 17.1 Å². The molecule has 0 aliphatic rings. The Morgan fingerprint density at radius 3 is 2.72 bits per heavy atom. The Kier molecular flexibility index (Phi) is 3.41. The smallest absolute Gasteiger partial charge is 0.169 e. The molecule has 0 bridgehead atoms. The Labute approximate surface area is 107 Å². The molecule has 96 valence electrons. The number of carbonyl (C=O) groups excluding carboxylic acids is 1. The summed E-state index contributed by atoms with van der Waals surface area (Å²) in [5.74, 6) is 1.51. The standard InChI is InChI=1S/C15H18O3/c1-5-17-11-6-7-13-12(8-11)14(10(4)18-13)15(16)9(2)3/h6-9H,5H2,1-4H3. The first kappa shape index (κ1) is 12.7. The molecule has 2 aromatic rings. The topological polar surface area (TPSA) is 39.4 Å². The predicted molar refractivity (Wildman–Crippen MR) is 71.3 cm³/mol. The highest BCUT2D eigenvalue weighted by Gasteiger charge is 2.20. The van der Waals surface area contributed by atoms with Crippen LogP contribution in [0.5, 0.6) is 5.75 Å². The Bertz CT molecular complexity index is 579. The number of fused-ring (bicyclic) bond motifs is 1. The van der Waals surface area contributed by atoms with Crippen molar-refractivity contribution in [2.75, 3.05) is 6.61 Å². The molecule has 18 heavy (non-hydrogen) atoms. The van der Waals surface area contributed by atoms with Crippen LogP contribution in [0.3, 0.4) is 0 Å². The molecule has 1 aromatic carbocycles. The van der Waals surface area contributed by atoms with Gasteiger partial charge in [-0.15, -0.1) is 0 Å². The van der Waals surface area contributed by atoms with Crippen molar-refractivity contribution >= 4 is 16.8 Å². The highest BCUT2D eigenvalue weighted by Crippen LogP contribution is 2.30. The van der Waals surface area contributed by atoms with E-state index in [4.69, 9.17) is 9.15 Å². The van der Waals surface area contributed by atoms with E-state index >= 15 is 0 Å². The first-order valence-electron chi connectivity index (χ1n) is 6.24. The van der Waals surface area contributed by atoms with Crippen molar-refractivity contribution in [3.8, 4) is 5.75 Å². The summed E-state index contributed by atoms with van der Waals surface area (Å²) >= 11 is 0. The van der Waals surface area contributed by atoms with Crippen molar-refractivity contribution in [1.82, 2.24) is 0 Å². The average molecular weight is 246 g/mol. The summed E-state index contributed by atoms with van der Waals surface area (Å²) in [6, 6.07) is 5.59. The van der Waals surface area contributed by atoms with E-state index < -0.39 is 0 Å². The summed E-state index contributed by atoms with van der Waals surface area (Å²) in [5, 5.41) is 0.845. The maximum absolute atomic E-state index is 12.2. The third-order valence-electron chi connectivity index (χ3n) is 2.92. The van der Waals surface area contributed by atoms with Crippen LogP contribution < -0.4 is 4.74 Å². The molecule has 1 aromatic heterocycles. The molecule has 0 aliphatic carbocycles. The molecule has 0 N–H and O–H groups in total. The van der Waals surface area contributed by atoms with Gasteiger partial charge in [0, 0.05) is 11.3 Å². The fraction of sp³-hybridized carbons (Fsp3) is 0.400. The minimum absolute atomic E-state index is 0.0414. The summed E-state index contributed by atoms with van der Waals surface area (Å²) in [6.45, 7) is 8.16. The summed E-state index contributed by atoms with van der Waals surface area (Å²) in [5.41, 5.74) is 1.42. The Hall–Kier alpha value is -1.77. The third kappa shape index (κ3) is 2.13. The lowest BCUT2D eigenvalue weighted by Gasteiger charge is -2.05. The summed E-state index contributed by atoms with van der Waals surface area (Å²) in [4.78, 5) is 12.2. The molecule has 0 spiro atoms. The maximum atomic E-state index is 12.2. The van der Waals surface area contributed by atoms with E-state index in [1.165, 1.54) is 0 Å². The van der Waals surface area contributed by atoms with E-state index in [1.54, 1.807) is 0 Å². The number of ether oxygens (including phenoxy) is 1. The molecule has 0 unspecified atom stereocenters. The van der Waals surface area contributed by atoms with Crippen LogP contribution >= 0.6 is 0 Å². The largest absolute Gasteiger partial charge is 0.494 e. The molecule has 3 heteroatoms. The van der Waals surface area contributed by atoms with Crippen LogP contribution in [-0.2, 0) is 0 Å². The van der Waals surface area contributed by atoms with Crippen molar-refractivity contribution < 1.29 is 13.9 Å². The Morgan fingerprint density at radius 2 is 2.11 bits per heavy atom. The second-order valence-electron chi connectivity index (χ2n) is 4.64. The quantitative estimate of drug-likeness (QED) is 0.766. The van der Waals surface area contributed by atoms with E-state index in [1.807, 2.05) is 45.9 Å². The molecule has 0 saturated carbocycles. The number of aryl methyl sites for hydroxylation is 1. The minimum atomic E-state index is -0.0414. The molecule has 3 nitrogen and oxygen atoms in total. The third-order valence-corrected chi connectivity index (χ3v) is 2.92. The van der Waals surface area contributed by atoms with Crippen LogP contribution in [0.1, 0.15) is 36.9 Å². The van der Waals surface area contributed by atoms with Gasteiger partial charge in [0.2, 0.25) is 0 Å². The lowest BCUT2D eigenvalue weighted by atomic mass is 9.98. The van der Waals surface area contributed by atoms with Gasteiger partial charge in [-0.05, 0) is 32.0 Å². The van der Waals surface area contributed by atoms with E-state index in [0.717, 1.165) is 16.7 Å². The van der Waals surface area contributed by atoms with Gasteiger partial charge in [-0.1, -0.05) is 13.8 Å². The van der Waals surface area contributed by atoms with Gasteiger partial charge < -0.3 is 9.15 Å². The summed E-state index contributed by atoms with van der Waals surface area (Å²) in [6.07, 6.45) is 0. The molecule has 2 rings (SSSR count). The fourth-order valence-corrected chi connectivity index (χ4v) is 2.05. The molecular weight excluding hydrogens is 228 g/mol. The van der Waals surface area contributed by atoms with Gasteiger partial charge in [-0.2, -0.15) is 0 Å². The zero-order chi connectivity index (χ0) is 13.3. The highest BCUT2D eigenvalue weighted by molar-refractivity contribution is 6.09. The van der Waals surface area contributed by atoms with Crippen molar-refractivity contribution in [3.05, 3.63) is 29.5 Å². The van der Waals surface area contributed by atoms with Crippen LogP contribution in [0.2, 0.25) is 0 Å². The van der Waals surface area contributed by atoms with Gasteiger partial charge in [-0.3, -0.25) is 4.79 Å². The second kappa shape index (κ2) is 4.84. The second-order valence-corrected chi connectivity index (χ2v) is 4.64. The number of hydrogen-bond acceptors (Lipinski definition) is 3. The molecule has 0 radical (unpaired) electrons. The predicted octanol–water partition coefficient (Wildman–Crippen LogP) is 3.98. The van der Waals surface area contributed by atoms with Gasteiger partial charge in [0.25, 0.3) is 0 Å². The Balaban J connectivity index is 2.60. The summed E-state index contributed by atoms with van der Waals surface area (Å²) < 4.78 is 11.1. The molecule has 0 fully saturated rings. The number of furan rings is 1. The zero-order valence-electron chi connectivity index (χ0n) is 11.2. The number of rotatable bonds is 4. The molecule has 0 amide bonds. The van der Waals surface area contributed by atoms with E-state index in [2.05, 4.69) is 0 Å². The van der Waals surface area contributed by atoms with Crippen LogP contribution in [0.15, 0.2) is 22.6 Å². The lowest BCUT2D eigenvalue weighted by molar-refractivity contribution is 0.0939. The number of benzene rings is 1. The van der Waals surface area contributed by atoms with Crippen molar-refractivity contribution in [1.29, 1.82) is 0 Å². The lowest BCUT2D eigenvalue weighted by Crippen LogP contribution is -2.08. The van der Waals surface area contributed by atoms with Gasteiger partial charge in [-0.25, -0.2) is 0 Å². The van der Waals surface area contributed by atoms with E-state index in [0.29, 0.717) is 17.9 Å². The molecule has 0 atom stereocenters. The average Bonchev–Trinajstić information content (AvgIpc) is 2.64. The van der Waals surface area contributed by atoms with Gasteiger partial charge >= 0.3 is 0 Å². The summed E-state index contributed by atoms with van der Waals surface area (Å²) in [7, 11) is 0. The molecule has 0 saturated heterocycles. The van der Waals surface area contributed by atoms with Crippen molar-refractivity contribution in [2.45, 2.75) is 27.7 Å². The highest BCUT2D eigenvalue weighted by atomic mass is 16.5. The van der Waals surface area contributed by atoms with E-state index in [9.17, 15) is 4.79 Å². The minimum Gasteiger partial charge on any atom is -0.494 e. The normalized spacial score (nSPS) is 11.2. The van der Waals surface area contributed by atoms with Crippen molar-refractivity contribution in [3.63, 3.8) is 0 Å². The van der Waals surface area contributed by atoms with Gasteiger partial charge in [0.15, 0.2) is 5.78 Å².